The van der Waals surface area contributed by atoms with Crippen LogP contribution in [-0.2, 0) is 20.0 Å². The molecule has 2 aromatic rings. The molecule has 1 saturated heterocycles. The highest BCUT2D eigenvalue weighted by Crippen LogP contribution is 2.36. The number of sulfonamides is 2. The second-order valence-corrected chi connectivity index (χ2v) is 9.74. The lowest BCUT2D eigenvalue weighted by Gasteiger charge is -2.21. The van der Waals surface area contributed by atoms with Crippen molar-refractivity contribution in [3.63, 3.8) is 0 Å². The van der Waals surface area contributed by atoms with Gasteiger partial charge in [0, 0.05) is 6.54 Å². The van der Waals surface area contributed by atoms with E-state index in [0.29, 0.717) is 24.4 Å². The van der Waals surface area contributed by atoms with Gasteiger partial charge in [0.1, 0.15) is 5.75 Å². The molecular formula is C17H20N2O5S2. The smallest absolute Gasteiger partial charge is 0.261 e. The molecule has 0 amide bonds. The van der Waals surface area contributed by atoms with E-state index in [0.717, 1.165) is 5.56 Å². The van der Waals surface area contributed by atoms with Gasteiger partial charge < -0.3 is 4.74 Å². The number of hydrogen-bond donors (Lipinski definition) is 1. The van der Waals surface area contributed by atoms with Gasteiger partial charge in [-0.25, -0.2) is 16.8 Å². The molecule has 140 valence electrons. The molecule has 26 heavy (non-hydrogen) atoms. The number of benzene rings is 2. The van der Waals surface area contributed by atoms with Gasteiger partial charge in [0.25, 0.3) is 10.0 Å². The quantitative estimate of drug-likeness (QED) is 0.837. The fourth-order valence-electron chi connectivity index (χ4n) is 2.79. The highest BCUT2D eigenvalue weighted by molar-refractivity contribution is 7.93. The molecule has 1 N–H and O–H groups in total. The second kappa shape index (κ2) is 6.81. The Hall–Kier alpha value is -2.26. The predicted octanol–water partition coefficient (Wildman–Crippen LogP) is 2.34. The van der Waals surface area contributed by atoms with Crippen molar-refractivity contribution in [2.24, 2.45) is 0 Å². The zero-order chi connectivity index (χ0) is 18.9. The number of nitrogens with zero attached hydrogens (tertiary/aromatic N) is 1. The molecule has 1 aliphatic heterocycles. The zero-order valence-electron chi connectivity index (χ0n) is 14.5. The topological polar surface area (TPSA) is 92.8 Å². The first-order valence-electron chi connectivity index (χ1n) is 8.01. The second-order valence-electron chi connectivity index (χ2n) is 6.05. The maximum absolute atomic E-state index is 12.6. The Labute approximate surface area is 153 Å². The summed E-state index contributed by atoms with van der Waals surface area (Å²) in [4.78, 5) is 0.134. The number of hydrogen-bond acceptors (Lipinski definition) is 5. The SMILES string of the molecule is COc1ccc(NS(=O)(=O)c2ccc(C)cc2)cc1N1CCCS1(=O)=O. The molecule has 3 rings (SSSR count). The number of anilines is 2. The Morgan fingerprint density at radius 1 is 1.12 bits per heavy atom. The van der Waals surface area contributed by atoms with Crippen LogP contribution in [0.15, 0.2) is 47.4 Å². The predicted molar refractivity (Wildman–Crippen MR) is 101 cm³/mol. The maximum Gasteiger partial charge on any atom is 0.261 e. The van der Waals surface area contributed by atoms with Gasteiger partial charge in [-0.2, -0.15) is 0 Å². The molecule has 0 bridgehead atoms. The highest BCUT2D eigenvalue weighted by atomic mass is 32.2. The van der Waals surface area contributed by atoms with Gasteiger partial charge in [-0.15, -0.1) is 0 Å². The molecule has 0 saturated carbocycles. The van der Waals surface area contributed by atoms with Crippen LogP contribution in [0.4, 0.5) is 11.4 Å². The zero-order valence-corrected chi connectivity index (χ0v) is 16.1. The molecule has 0 spiro atoms. The van der Waals surface area contributed by atoms with Crippen LogP contribution < -0.4 is 13.8 Å². The van der Waals surface area contributed by atoms with E-state index < -0.39 is 20.0 Å². The molecular weight excluding hydrogens is 376 g/mol. The van der Waals surface area contributed by atoms with Crippen molar-refractivity contribution in [2.45, 2.75) is 18.2 Å². The van der Waals surface area contributed by atoms with Crippen molar-refractivity contribution >= 4 is 31.4 Å². The van der Waals surface area contributed by atoms with Crippen molar-refractivity contribution in [2.75, 3.05) is 28.4 Å². The van der Waals surface area contributed by atoms with Gasteiger partial charge in [0.15, 0.2) is 0 Å². The Bertz CT molecular complexity index is 1020. The molecule has 0 aliphatic carbocycles. The third-order valence-corrected chi connectivity index (χ3v) is 7.38. The normalized spacial score (nSPS) is 16.5. The third-order valence-electron chi connectivity index (χ3n) is 4.13. The highest BCUT2D eigenvalue weighted by Gasteiger charge is 2.31. The molecule has 1 aliphatic rings. The molecule has 0 unspecified atom stereocenters. The molecule has 1 fully saturated rings. The third kappa shape index (κ3) is 3.63. The number of nitrogens with one attached hydrogen (secondary N) is 1. The molecule has 0 atom stereocenters. The van der Waals surface area contributed by atoms with Crippen LogP contribution in [-0.4, -0.2) is 36.2 Å². The van der Waals surface area contributed by atoms with E-state index >= 15 is 0 Å². The summed E-state index contributed by atoms with van der Waals surface area (Å²) < 4.78 is 58.5. The lowest BCUT2D eigenvalue weighted by atomic mass is 10.2. The van der Waals surface area contributed by atoms with Crippen molar-refractivity contribution < 1.29 is 21.6 Å². The van der Waals surface area contributed by atoms with Crippen molar-refractivity contribution in [1.82, 2.24) is 0 Å². The van der Waals surface area contributed by atoms with Crippen LogP contribution in [0.1, 0.15) is 12.0 Å². The van der Waals surface area contributed by atoms with E-state index in [2.05, 4.69) is 4.72 Å². The fraction of sp³-hybridized carbons (Fsp3) is 0.294. The molecule has 0 radical (unpaired) electrons. The van der Waals surface area contributed by atoms with Gasteiger partial charge in [0.2, 0.25) is 10.0 Å². The van der Waals surface area contributed by atoms with Gasteiger partial charge in [-0.1, -0.05) is 17.7 Å². The summed E-state index contributed by atoms with van der Waals surface area (Å²) in [6, 6.07) is 11.0. The van der Waals surface area contributed by atoms with Crippen molar-refractivity contribution in [3.8, 4) is 5.75 Å². The summed E-state index contributed by atoms with van der Waals surface area (Å²) in [5.41, 5.74) is 1.55. The molecule has 1 heterocycles. The average Bonchev–Trinajstić information content (AvgIpc) is 2.94. The van der Waals surface area contributed by atoms with E-state index in [4.69, 9.17) is 4.74 Å². The van der Waals surface area contributed by atoms with Gasteiger partial charge in [0.05, 0.1) is 29.1 Å². The van der Waals surface area contributed by atoms with Crippen LogP contribution >= 0.6 is 0 Å². The molecule has 9 heteroatoms. The van der Waals surface area contributed by atoms with Gasteiger partial charge >= 0.3 is 0 Å². The Kier molecular flexibility index (Phi) is 4.85. The van der Waals surface area contributed by atoms with Crippen LogP contribution in [0.3, 0.4) is 0 Å². The van der Waals surface area contributed by atoms with E-state index in [1.165, 1.54) is 35.7 Å². The standard InChI is InChI=1S/C17H20N2O5S2/c1-13-4-7-15(8-5-13)26(22,23)18-14-6-9-17(24-2)16(12-14)19-10-3-11-25(19,20)21/h4-9,12,18H,3,10-11H2,1-2H3. The minimum atomic E-state index is -3.78. The molecule has 2 aromatic carbocycles. The number of rotatable bonds is 5. The van der Waals surface area contributed by atoms with Gasteiger partial charge in [-0.05, 0) is 43.7 Å². The minimum Gasteiger partial charge on any atom is -0.495 e. The Morgan fingerprint density at radius 2 is 1.81 bits per heavy atom. The largest absolute Gasteiger partial charge is 0.495 e. The summed E-state index contributed by atoms with van der Waals surface area (Å²) in [5, 5.41) is 0. The number of ether oxygens (including phenoxy) is 1. The lowest BCUT2D eigenvalue weighted by molar-refractivity contribution is 0.415. The van der Waals surface area contributed by atoms with Crippen LogP contribution in [0, 0.1) is 6.92 Å². The average molecular weight is 396 g/mol. The first-order valence-corrected chi connectivity index (χ1v) is 11.1. The van der Waals surface area contributed by atoms with E-state index in [-0.39, 0.29) is 16.3 Å². The van der Waals surface area contributed by atoms with E-state index in [9.17, 15) is 16.8 Å². The lowest BCUT2D eigenvalue weighted by Crippen LogP contribution is -2.25. The first-order chi connectivity index (χ1) is 12.2. The molecule has 0 aromatic heterocycles. The Balaban J connectivity index is 1.96. The van der Waals surface area contributed by atoms with Crippen LogP contribution in [0.2, 0.25) is 0 Å². The Morgan fingerprint density at radius 3 is 2.38 bits per heavy atom. The van der Waals surface area contributed by atoms with E-state index in [1.807, 2.05) is 6.92 Å². The summed E-state index contributed by atoms with van der Waals surface area (Å²) in [6.45, 7) is 2.21. The summed E-state index contributed by atoms with van der Waals surface area (Å²) in [7, 11) is -5.75. The summed E-state index contributed by atoms with van der Waals surface area (Å²) in [6.07, 6.45) is 0.519. The maximum atomic E-state index is 12.6. The molecule has 7 nitrogen and oxygen atoms in total. The van der Waals surface area contributed by atoms with Crippen LogP contribution in [0.25, 0.3) is 0 Å². The number of aryl methyl sites for hydroxylation is 1. The summed E-state index contributed by atoms with van der Waals surface area (Å²) >= 11 is 0. The van der Waals surface area contributed by atoms with Crippen molar-refractivity contribution in [1.29, 1.82) is 0 Å². The monoisotopic (exact) mass is 396 g/mol. The van der Waals surface area contributed by atoms with E-state index in [1.54, 1.807) is 18.2 Å². The summed E-state index contributed by atoms with van der Waals surface area (Å²) in [5.74, 6) is 0.434. The van der Waals surface area contributed by atoms with Crippen molar-refractivity contribution in [3.05, 3.63) is 48.0 Å². The fourth-order valence-corrected chi connectivity index (χ4v) is 5.40. The van der Waals surface area contributed by atoms with Crippen LogP contribution in [0.5, 0.6) is 5.75 Å². The minimum absolute atomic E-state index is 0.0650. The first kappa shape index (κ1) is 18.5. The number of methoxy groups -OCH3 is 1. The van der Waals surface area contributed by atoms with Gasteiger partial charge in [-0.3, -0.25) is 9.03 Å².